The van der Waals surface area contributed by atoms with Gasteiger partial charge in [0.15, 0.2) is 11.6 Å². The summed E-state index contributed by atoms with van der Waals surface area (Å²) in [4.78, 5) is 4.76. The summed E-state index contributed by atoms with van der Waals surface area (Å²) in [5.41, 5.74) is 4.60. The molecule has 0 atom stereocenters. The van der Waals surface area contributed by atoms with Gasteiger partial charge in [0.1, 0.15) is 5.75 Å². The topological polar surface area (TPSA) is 40.2 Å². The number of imidazole rings is 1. The molecule has 0 spiro atoms. The number of hydrogen-bond donors (Lipinski definition) is 0. The second-order valence-electron chi connectivity index (χ2n) is 6.93. The van der Waals surface area contributed by atoms with Gasteiger partial charge in [0.25, 0.3) is 0 Å². The molecule has 2 aromatic carbocycles. The number of furan rings is 1. The van der Waals surface area contributed by atoms with E-state index in [1.807, 2.05) is 24.3 Å². The fraction of sp³-hybridized carbons (Fsp3) is 0.261. The number of aryl methyl sites for hydroxylation is 3. The van der Waals surface area contributed by atoms with Crippen molar-refractivity contribution in [2.75, 3.05) is 6.61 Å². The number of rotatable bonds is 7. The summed E-state index contributed by atoms with van der Waals surface area (Å²) < 4.78 is 13.8. The minimum atomic E-state index is 0.714. The molecule has 4 heteroatoms. The minimum Gasteiger partial charge on any atom is -0.494 e. The Hall–Kier alpha value is -3.01. The zero-order valence-electron chi connectivity index (χ0n) is 15.8. The monoisotopic (exact) mass is 360 g/mol. The van der Waals surface area contributed by atoms with Crippen LogP contribution in [0.1, 0.15) is 24.0 Å². The zero-order chi connectivity index (χ0) is 18.6. The minimum absolute atomic E-state index is 0.714. The van der Waals surface area contributed by atoms with Crippen molar-refractivity contribution in [2.24, 2.45) is 0 Å². The average molecular weight is 360 g/mol. The van der Waals surface area contributed by atoms with Gasteiger partial charge in [0.05, 0.1) is 23.9 Å². The fourth-order valence-corrected chi connectivity index (χ4v) is 3.47. The lowest BCUT2D eigenvalue weighted by molar-refractivity contribution is 0.303. The molecule has 4 nitrogen and oxygen atoms in total. The molecule has 0 radical (unpaired) electrons. The normalized spacial score (nSPS) is 11.2. The smallest absolute Gasteiger partial charge is 0.177 e. The third kappa shape index (κ3) is 3.90. The summed E-state index contributed by atoms with van der Waals surface area (Å²) in [5, 5.41) is 0. The maximum absolute atomic E-state index is 5.93. The molecule has 0 amide bonds. The highest BCUT2D eigenvalue weighted by molar-refractivity contribution is 5.79. The Morgan fingerprint density at radius 2 is 1.78 bits per heavy atom. The van der Waals surface area contributed by atoms with Gasteiger partial charge in [0.2, 0.25) is 0 Å². The molecule has 2 aromatic heterocycles. The number of para-hydroxylation sites is 2. The van der Waals surface area contributed by atoms with Crippen LogP contribution >= 0.6 is 0 Å². The number of fused-ring (bicyclic) bond motifs is 1. The van der Waals surface area contributed by atoms with Gasteiger partial charge in [0, 0.05) is 6.54 Å². The van der Waals surface area contributed by atoms with Crippen molar-refractivity contribution in [1.29, 1.82) is 0 Å². The van der Waals surface area contributed by atoms with Gasteiger partial charge >= 0.3 is 0 Å². The predicted octanol–water partition coefficient (Wildman–Crippen LogP) is 5.77. The van der Waals surface area contributed by atoms with E-state index < -0.39 is 0 Å². The summed E-state index contributed by atoms with van der Waals surface area (Å²) in [5.74, 6) is 2.64. The lowest BCUT2D eigenvalue weighted by atomic mass is 10.1. The summed E-state index contributed by atoms with van der Waals surface area (Å²) in [6, 6.07) is 18.4. The number of benzene rings is 2. The lowest BCUT2D eigenvalue weighted by Crippen LogP contribution is -2.04. The number of nitrogens with zero attached hydrogens (tertiary/aromatic N) is 2. The molecule has 0 aliphatic rings. The van der Waals surface area contributed by atoms with Crippen molar-refractivity contribution in [3.63, 3.8) is 0 Å². The Kier molecular flexibility index (Phi) is 4.97. The average Bonchev–Trinajstić information content (AvgIpc) is 3.28. The largest absolute Gasteiger partial charge is 0.494 e. The van der Waals surface area contributed by atoms with Crippen LogP contribution in [-0.4, -0.2) is 16.2 Å². The van der Waals surface area contributed by atoms with Crippen LogP contribution < -0.4 is 4.74 Å². The Morgan fingerprint density at radius 1 is 0.963 bits per heavy atom. The molecule has 0 saturated carbocycles. The van der Waals surface area contributed by atoms with Crippen LogP contribution in [0.4, 0.5) is 0 Å². The maximum atomic E-state index is 5.93. The molecule has 138 valence electrons. The molecule has 0 unspecified atom stereocenters. The first-order chi connectivity index (χ1) is 13.2. The molecule has 0 aliphatic heterocycles. The Balaban J connectivity index is 1.42. The molecular formula is C23H24N2O2. The number of hydrogen-bond acceptors (Lipinski definition) is 3. The number of aromatic nitrogens is 2. The Bertz CT molecular complexity index is 1010. The predicted molar refractivity (Wildman–Crippen MR) is 108 cm³/mol. The third-order valence-electron chi connectivity index (χ3n) is 4.64. The van der Waals surface area contributed by atoms with Crippen LogP contribution in [-0.2, 0) is 6.54 Å². The van der Waals surface area contributed by atoms with Crippen LogP contribution in [0, 0.1) is 13.8 Å². The molecule has 2 heterocycles. The summed E-state index contributed by atoms with van der Waals surface area (Å²) in [7, 11) is 0. The molecular weight excluding hydrogens is 336 g/mol. The lowest BCUT2D eigenvalue weighted by Gasteiger charge is -2.10. The van der Waals surface area contributed by atoms with Gasteiger partial charge in [-0.05, 0) is 74.2 Å². The standard InChI is InChI=1S/C23H24N2O2/c1-17-14-18(2)16-19(15-17)26-12-6-5-11-25-21-9-4-3-8-20(21)24-23(25)22-10-7-13-27-22/h3-4,7-10,13-16H,5-6,11-12H2,1-2H3. The van der Waals surface area contributed by atoms with E-state index in [9.17, 15) is 0 Å². The Morgan fingerprint density at radius 3 is 2.56 bits per heavy atom. The van der Waals surface area contributed by atoms with Crippen molar-refractivity contribution in [1.82, 2.24) is 9.55 Å². The highest BCUT2D eigenvalue weighted by Crippen LogP contribution is 2.25. The van der Waals surface area contributed by atoms with Crippen molar-refractivity contribution in [3.05, 3.63) is 72.0 Å². The summed E-state index contributed by atoms with van der Waals surface area (Å²) in [6.45, 7) is 5.79. The van der Waals surface area contributed by atoms with Crippen molar-refractivity contribution in [3.8, 4) is 17.3 Å². The first-order valence-electron chi connectivity index (χ1n) is 9.41. The molecule has 27 heavy (non-hydrogen) atoms. The fourth-order valence-electron chi connectivity index (χ4n) is 3.47. The highest BCUT2D eigenvalue weighted by atomic mass is 16.5. The van der Waals surface area contributed by atoms with Crippen LogP contribution in [0.3, 0.4) is 0 Å². The van der Waals surface area contributed by atoms with Crippen LogP contribution in [0.15, 0.2) is 65.3 Å². The van der Waals surface area contributed by atoms with Crippen LogP contribution in [0.5, 0.6) is 5.75 Å². The van der Waals surface area contributed by atoms with Crippen molar-refractivity contribution < 1.29 is 9.15 Å². The van der Waals surface area contributed by atoms with E-state index >= 15 is 0 Å². The summed E-state index contributed by atoms with van der Waals surface area (Å²) >= 11 is 0. The SMILES string of the molecule is Cc1cc(C)cc(OCCCCn2c(-c3ccco3)nc3ccccc32)c1. The van der Waals surface area contributed by atoms with E-state index in [2.05, 4.69) is 48.7 Å². The quantitative estimate of drug-likeness (QED) is 0.393. The molecule has 0 bridgehead atoms. The van der Waals surface area contributed by atoms with E-state index in [4.69, 9.17) is 14.1 Å². The van der Waals surface area contributed by atoms with Gasteiger partial charge in [-0.25, -0.2) is 4.98 Å². The first-order valence-corrected chi connectivity index (χ1v) is 9.41. The number of unbranched alkanes of at least 4 members (excludes halogenated alkanes) is 1. The second kappa shape index (κ2) is 7.70. The van der Waals surface area contributed by atoms with E-state index in [0.717, 1.165) is 47.8 Å². The first kappa shape index (κ1) is 17.4. The third-order valence-corrected chi connectivity index (χ3v) is 4.64. The van der Waals surface area contributed by atoms with Crippen molar-refractivity contribution in [2.45, 2.75) is 33.2 Å². The second-order valence-corrected chi connectivity index (χ2v) is 6.93. The summed E-state index contributed by atoms with van der Waals surface area (Å²) in [6.07, 6.45) is 3.69. The van der Waals surface area contributed by atoms with E-state index in [1.165, 1.54) is 11.1 Å². The number of ether oxygens (including phenoxy) is 1. The molecule has 4 rings (SSSR count). The van der Waals surface area contributed by atoms with Crippen LogP contribution in [0.25, 0.3) is 22.6 Å². The molecule has 0 N–H and O–H groups in total. The van der Waals surface area contributed by atoms with Gasteiger partial charge in [-0.1, -0.05) is 18.2 Å². The molecule has 0 fully saturated rings. The zero-order valence-corrected chi connectivity index (χ0v) is 15.8. The van der Waals surface area contributed by atoms with Gasteiger partial charge in [-0.3, -0.25) is 0 Å². The van der Waals surface area contributed by atoms with Crippen molar-refractivity contribution >= 4 is 11.0 Å². The van der Waals surface area contributed by atoms with E-state index in [0.29, 0.717) is 6.61 Å². The van der Waals surface area contributed by atoms with E-state index in [1.54, 1.807) is 6.26 Å². The van der Waals surface area contributed by atoms with Gasteiger partial charge < -0.3 is 13.7 Å². The highest BCUT2D eigenvalue weighted by Gasteiger charge is 2.14. The van der Waals surface area contributed by atoms with E-state index in [-0.39, 0.29) is 0 Å². The molecule has 4 aromatic rings. The Labute approximate surface area is 159 Å². The molecule has 0 aliphatic carbocycles. The van der Waals surface area contributed by atoms with Gasteiger partial charge in [-0.15, -0.1) is 0 Å². The maximum Gasteiger partial charge on any atom is 0.177 e. The van der Waals surface area contributed by atoms with Gasteiger partial charge in [-0.2, -0.15) is 0 Å². The van der Waals surface area contributed by atoms with Crippen LogP contribution in [0.2, 0.25) is 0 Å². The molecule has 0 saturated heterocycles.